The summed E-state index contributed by atoms with van der Waals surface area (Å²) in [4.78, 5) is 0. The molecule has 0 atom stereocenters. The lowest BCUT2D eigenvalue weighted by molar-refractivity contribution is 0.606. The van der Waals surface area contributed by atoms with Crippen LogP contribution in [0.25, 0.3) is 0 Å². The third-order valence-electron chi connectivity index (χ3n) is 2.02. The van der Waals surface area contributed by atoms with Gasteiger partial charge in [0.05, 0.1) is 11.9 Å². The molecule has 1 aromatic carbocycles. The maximum atomic E-state index is 11.2. The summed E-state index contributed by atoms with van der Waals surface area (Å²) in [5, 5.41) is 0. The predicted molar refractivity (Wildman–Crippen MR) is 74.4 cm³/mol. The molecule has 1 aromatic rings. The lowest BCUT2D eigenvalue weighted by atomic mass is 10.0. The second-order valence-electron chi connectivity index (χ2n) is 3.89. The lowest BCUT2D eigenvalue weighted by Gasteiger charge is -2.13. The molecule has 0 aliphatic heterocycles. The van der Waals surface area contributed by atoms with E-state index in [0.717, 1.165) is 20.8 Å². The first-order valence-electron chi connectivity index (χ1n) is 4.67. The van der Waals surface area contributed by atoms with Crippen LogP contribution in [-0.4, -0.2) is 14.7 Å². The third-order valence-corrected chi connectivity index (χ3v) is 3.84. The molecule has 0 bridgehead atoms. The van der Waals surface area contributed by atoms with Gasteiger partial charge in [0, 0.05) is 8.95 Å². The number of halogens is 2. The number of nitrogens with one attached hydrogen (secondary N) is 1. The largest absolute Gasteiger partial charge is 0.281 e. The molecule has 1 N–H and O–H groups in total. The van der Waals surface area contributed by atoms with Gasteiger partial charge in [0.25, 0.3) is 0 Å². The van der Waals surface area contributed by atoms with Crippen molar-refractivity contribution in [1.82, 2.24) is 0 Å². The van der Waals surface area contributed by atoms with Gasteiger partial charge in [-0.05, 0) is 55.5 Å². The minimum Gasteiger partial charge on any atom is -0.281 e. The minimum absolute atomic E-state index is 0.389. The van der Waals surface area contributed by atoms with E-state index in [2.05, 4.69) is 50.4 Å². The average Bonchev–Trinajstić information content (AvgIpc) is 2.09. The highest BCUT2D eigenvalue weighted by Crippen LogP contribution is 2.35. The zero-order chi connectivity index (χ0) is 12.5. The fourth-order valence-corrected chi connectivity index (χ4v) is 3.48. The van der Waals surface area contributed by atoms with Crippen molar-refractivity contribution in [3.05, 3.63) is 26.6 Å². The van der Waals surface area contributed by atoms with Gasteiger partial charge in [-0.1, -0.05) is 13.8 Å². The number of anilines is 1. The molecular formula is C10H13Br2NO2S. The Morgan fingerprint density at radius 3 is 1.94 bits per heavy atom. The Balaban J connectivity index is 3.23. The lowest BCUT2D eigenvalue weighted by Crippen LogP contribution is -2.10. The summed E-state index contributed by atoms with van der Waals surface area (Å²) < 4.78 is 26.3. The van der Waals surface area contributed by atoms with Crippen molar-refractivity contribution >= 4 is 47.6 Å². The highest BCUT2D eigenvalue weighted by Gasteiger charge is 2.12. The molecule has 3 nitrogen and oxygen atoms in total. The van der Waals surface area contributed by atoms with Crippen molar-refractivity contribution in [2.24, 2.45) is 0 Å². The van der Waals surface area contributed by atoms with Crippen molar-refractivity contribution in [2.75, 3.05) is 11.0 Å². The van der Waals surface area contributed by atoms with E-state index >= 15 is 0 Å². The highest BCUT2D eigenvalue weighted by atomic mass is 79.9. The molecule has 90 valence electrons. The molecule has 0 aliphatic carbocycles. The Kier molecular flexibility index (Phi) is 4.42. The average molecular weight is 371 g/mol. The van der Waals surface area contributed by atoms with Crippen molar-refractivity contribution in [3.8, 4) is 0 Å². The molecule has 0 amide bonds. The topological polar surface area (TPSA) is 46.2 Å². The molecule has 0 saturated heterocycles. The summed E-state index contributed by atoms with van der Waals surface area (Å²) in [6.45, 7) is 4.16. The van der Waals surface area contributed by atoms with Gasteiger partial charge in [0.1, 0.15) is 0 Å². The monoisotopic (exact) mass is 369 g/mol. The van der Waals surface area contributed by atoms with Gasteiger partial charge in [-0.25, -0.2) is 8.42 Å². The normalized spacial score (nSPS) is 11.9. The summed E-state index contributed by atoms with van der Waals surface area (Å²) in [5.74, 6) is 0.389. The van der Waals surface area contributed by atoms with Gasteiger partial charge in [-0.2, -0.15) is 0 Å². The van der Waals surface area contributed by atoms with Crippen molar-refractivity contribution in [3.63, 3.8) is 0 Å². The van der Waals surface area contributed by atoms with Gasteiger partial charge in [-0.3, -0.25) is 4.72 Å². The smallest absolute Gasteiger partial charge is 0.229 e. The molecule has 0 aromatic heterocycles. The fourth-order valence-electron chi connectivity index (χ4n) is 1.21. The van der Waals surface area contributed by atoms with Crippen LogP contribution in [0.4, 0.5) is 5.69 Å². The van der Waals surface area contributed by atoms with Gasteiger partial charge in [0.15, 0.2) is 0 Å². The van der Waals surface area contributed by atoms with E-state index in [0.29, 0.717) is 11.6 Å². The van der Waals surface area contributed by atoms with Crippen molar-refractivity contribution in [1.29, 1.82) is 0 Å². The van der Waals surface area contributed by atoms with Crippen molar-refractivity contribution < 1.29 is 8.42 Å². The number of rotatable bonds is 3. The van der Waals surface area contributed by atoms with Crippen LogP contribution in [0.3, 0.4) is 0 Å². The molecule has 0 radical (unpaired) electrons. The standard InChI is InChI=1S/C10H13Br2NO2S/c1-6(2)7-4-8(11)10(9(12)5-7)13-16(3,14)15/h4-6,13H,1-3H3. The molecule has 0 spiro atoms. The van der Waals surface area contributed by atoms with Crippen LogP contribution in [0, 0.1) is 0 Å². The van der Waals surface area contributed by atoms with E-state index in [-0.39, 0.29) is 0 Å². The number of sulfonamides is 1. The quantitative estimate of drug-likeness (QED) is 0.881. The van der Waals surface area contributed by atoms with Crippen molar-refractivity contribution in [2.45, 2.75) is 19.8 Å². The van der Waals surface area contributed by atoms with Crippen LogP contribution in [-0.2, 0) is 10.0 Å². The first-order valence-corrected chi connectivity index (χ1v) is 8.15. The van der Waals surface area contributed by atoms with E-state index in [1.165, 1.54) is 0 Å². The van der Waals surface area contributed by atoms with Gasteiger partial charge < -0.3 is 0 Å². The van der Waals surface area contributed by atoms with E-state index in [4.69, 9.17) is 0 Å². The van der Waals surface area contributed by atoms with Crippen LogP contribution in [0.2, 0.25) is 0 Å². The summed E-state index contributed by atoms with van der Waals surface area (Å²) >= 11 is 6.72. The molecular weight excluding hydrogens is 358 g/mol. The van der Waals surface area contributed by atoms with Crippen LogP contribution in [0.15, 0.2) is 21.1 Å². The Morgan fingerprint density at radius 1 is 1.19 bits per heavy atom. The molecule has 0 saturated carbocycles. The molecule has 0 aliphatic rings. The fraction of sp³-hybridized carbons (Fsp3) is 0.400. The highest BCUT2D eigenvalue weighted by molar-refractivity contribution is 9.11. The van der Waals surface area contributed by atoms with Gasteiger partial charge in [0.2, 0.25) is 10.0 Å². The van der Waals surface area contributed by atoms with E-state index in [1.54, 1.807) is 0 Å². The minimum atomic E-state index is -3.27. The summed E-state index contributed by atoms with van der Waals surface area (Å²) in [5.41, 5.74) is 1.67. The van der Waals surface area contributed by atoms with Crippen LogP contribution in [0.1, 0.15) is 25.3 Å². The first-order chi connectivity index (χ1) is 7.20. The summed E-state index contributed by atoms with van der Waals surface area (Å²) in [7, 11) is -3.27. The Bertz CT molecular complexity index is 475. The SMILES string of the molecule is CC(C)c1cc(Br)c(NS(C)(=O)=O)c(Br)c1. The molecule has 1 rings (SSSR count). The molecule has 0 unspecified atom stereocenters. The zero-order valence-electron chi connectivity index (χ0n) is 9.21. The first kappa shape index (κ1) is 14.0. The summed E-state index contributed by atoms with van der Waals surface area (Å²) in [6, 6.07) is 3.84. The van der Waals surface area contributed by atoms with Crippen LogP contribution in [0.5, 0.6) is 0 Å². The molecule has 0 fully saturated rings. The maximum Gasteiger partial charge on any atom is 0.229 e. The second kappa shape index (κ2) is 5.06. The van der Waals surface area contributed by atoms with E-state index < -0.39 is 10.0 Å². The number of hydrogen-bond acceptors (Lipinski definition) is 2. The van der Waals surface area contributed by atoms with Gasteiger partial charge >= 0.3 is 0 Å². The second-order valence-corrected chi connectivity index (χ2v) is 7.35. The predicted octanol–water partition coefficient (Wildman–Crippen LogP) is 3.71. The number of hydrogen-bond donors (Lipinski definition) is 1. The summed E-state index contributed by atoms with van der Waals surface area (Å²) in [6.07, 6.45) is 1.13. The zero-order valence-corrected chi connectivity index (χ0v) is 13.2. The Hall–Kier alpha value is -0.0700. The van der Waals surface area contributed by atoms with Crippen LogP contribution < -0.4 is 4.72 Å². The molecule has 6 heteroatoms. The van der Waals surface area contributed by atoms with E-state index in [9.17, 15) is 8.42 Å². The third kappa shape index (κ3) is 3.75. The Morgan fingerprint density at radius 2 is 1.62 bits per heavy atom. The Labute approximate surface area is 113 Å². The molecule has 16 heavy (non-hydrogen) atoms. The number of benzene rings is 1. The maximum absolute atomic E-state index is 11.2. The van der Waals surface area contributed by atoms with E-state index in [1.807, 2.05) is 12.1 Å². The van der Waals surface area contributed by atoms with Gasteiger partial charge in [-0.15, -0.1) is 0 Å². The van der Waals surface area contributed by atoms with Crippen LogP contribution >= 0.6 is 31.9 Å². The molecule has 0 heterocycles.